The highest BCUT2D eigenvalue weighted by Gasteiger charge is 2.27. The van der Waals surface area contributed by atoms with Gasteiger partial charge in [-0.25, -0.2) is 9.97 Å². The van der Waals surface area contributed by atoms with Crippen molar-refractivity contribution in [2.75, 3.05) is 13.1 Å². The Kier molecular flexibility index (Phi) is 6.29. The highest BCUT2D eigenvalue weighted by Crippen LogP contribution is 2.29. The van der Waals surface area contributed by atoms with Gasteiger partial charge in [-0.05, 0) is 23.3 Å². The molecule has 0 saturated carbocycles. The minimum Gasteiger partial charge on any atom is -0.473 e. The number of amides is 1. The molecule has 33 heavy (non-hydrogen) atoms. The van der Waals surface area contributed by atoms with Gasteiger partial charge in [0.15, 0.2) is 0 Å². The number of hydrogen-bond donors (Lipinski definition) is 0. The number of carbonyl (C=O) groups excluding carboxylic acids is 1. The van der Waals surface area contributed by atoms with Crippen LogP contribution in [-0.4, -0.2) is 40.0 Å². The van der Waals surface area contributed by atoms with Crippen molar-refractivity contribution in [2.24, 2.45) is 0 Å². The molecular weight excluding hydrogens is 410 g/mol. The van der Waals surface area contributed by atoms with E-state index < -0.39 is 0 Å². The van der Waals surface area contributed by atoms with Crippen LogP contribution in [-0.2, 0) is 4.79 Å². The Balaban J connectivity index is 1.21. The first kappa shape index (κ1) is 21.1. The first-order valence-electron chi connectivity index (χ1n) is 11.5. The maximum absolute atomic E-state index is 13.2. The molecule has 0 N–H and O–H groups in total. The number of fused-ring (bicyclic) bond motifs is 1. The molecule has 5 nitrogen and oxygen atoms in total. The lowest BCUT2D eigenvalue weighted by atomic mass is 9.88. The van der Waals surface area contributed by atoms with Crippen molar-refractivity contribution >= 4 is 16.9 Å². The standard InChI is InChI=1S/C28H27N3O2/c32-28(19-24(21-9-3-1-4-10-21)22-11-5-2-6-12-22)31-17-15-23(16-18-31)33-27-20-29-25-13-7-8-14-26(25)30-27/h1-14,20,23-24H,15-19H2. The first-order valence-corrected chi connectivity index (χ1v) is 11.5. The number of ether oxygens (including phenoxy) is 1. The summed E-state index contributed by atoms with van der Waals surface area (Å²) in [6, 6.07) is 28.4. The summed E-state index contributed by atoms with van der Waals surface area (Å²) < 4.78 is 6.10. The van der Waals surface area contributed by atoms with Crippen molar-refractivity contribution in [1.29, 1.82) is 0 Å². The molecule has 1 fully saturated rings. The van der Waals surface area contributed by atoms with Crippen molar-refractivity contribution < 1.29 is 9.53 Å². The molecule has 1 saturated heterocycles. The zero-order valence-electron chi connectivity index (χ0n) is 18.5. The Labute approximate surface area is 194 Å². The highest BCUT2D eigenvalue weighted by atomic mass is 16.5. The summed E-state index contributed by atoms with van der Waals surface area (Å²) in [5, 5.41) is 0. The summed E-state index contributed by atoms with van der Waals surface area (Å²) in [4.78, 5) is 24.2. The van der Waals surface area contributed by atoms with Gasteiger partial charge in [0, 0.05) is 38.3 Å². The average Bonchev–Trinajstić information content (AvgIpc) is 2.88. The molecule has 166 valence electrons. The molecule has 2 heterocycles. The van der Waals surface area contributed by atoms with E-state index in [1.165, 1.54) is 11.1 Å². The molecule has 1 aromatic heterocycles. The molecule has 0 bridgehead atoms. The Morgan fingerprint density at radius 1 is 0.848 bits per heavy atom. The monoisotopic (exact) mass is 437 g/mol. The number of aromatic nitrogens is 2. The fourth-order valence-electron chi connectivity index (χ4n) is 4.49. The van der Waals surface area contributed by atoms with Gasteiger partial charge in [0.1, 0.15) is 6.10 Å². The highest BCUT2D eigenvalue weighted by molar-refractivity contribution is 5.78. The summed E-state index contributed by atoms with van der Waals surface area (Å²) in [5.41, 5.74) is 4.03. The molecule has 0 radical (unpaired) electrons. The Hall–Kier alpha value is -3.73. The predicted molar refractivity (Wildman–Crippen MR) is 129 cm³/mol. The number of hydrogen-bond acceptors (Lipinski definition) is 4. The van der Waals surface area contributed by atoms with E-state index in [-0.39, 0.29) is 17.9 Å². The van der Waals surface area contributed by atoms with Gasteiger partial charge < -0.3 is 9.64 Å². The van der Waals surface area contributed by atoms with E-state index in [4.69, 9.17) is 4.74 Å². The van der Waals surface area contributed by atoms with Crippen LogP contribution in [0.4, 0.5) is 0 Å². The third-order valence-electron chi connectivity index (χ3n) is 6.29. The molecule has 0 aliphatic carbocycles. The lowest BCUT2D eigenvalue weighted by Crippen LogP contribution is -2.42. The quantitative estimate of drug-likeness (QED) is 0.415. The fraction of sp³-hybridized carbons (Fsp3) is 0.250. The van der Waals surface area contributed by atoms with Gasteiger partial charge >= 0.3 is 0 Å². The summed E-state index contributed by atoms with van der Waals surface area (Å²) >= 11 is 0. The third-order valence-corrected chi connectivity index (χ3v) is 6.29. The molecule has 5 heteroatoms. The minimum atomic E-state index is 0.0450. The fourth-order valence-corrected chi connectivity index (χ4v) is 4.49. The summed E-state index contributed by atoms with van der Waals surface area (Å²) in [5.74, 6) is 0.796. The normalized spacial score (nSPS) is 14.5. The predicted octanol–water partition coefficient (Wildman–Crippen LogP) is 5.22. The van der Waals surface area contributed by atoms with Gasteiger partial charge in [-0.15, -0.1) is 0 Å². The van der Waals surface area contributed by atoms with Crippen molar-refractivity contribution in [3.05, 3.63) is 102 Å². The van der Waals surface area contributed by atoms with E-state index in [9.17, 15) is 4.79 Å². The molecule has 0 unspecified atom stereocenters. The molecule has 4 aromatic rings. The second kappa shape index (κ2) is 9.82. The number of benzene rings is 3. The second-order valence-electron chi connectivity index (χ2n) is 8.47. The van der Waals surface area contributed by atoms with Gasteiger partial charge in [-0.2, -0.15) is 0 Å². The van der Waals surface area contributed by atoms with Crippen molar-refractivity contribution in [3.8, 4) is 5.88 Å². The molecule has 1 aliphatic rings. The Morgan fingerprint density at radius 3 is 2.06 bits per heavy atom. The summed E-state index contributed by atoms with van der Waals surface area (Å²) in [6.07, 6.45) is 3.78. The van der Waals surface area contributed by atoms with E-state index in [1.807, 2.05) is 65.6 Å². The van der Waals surface area contributed by atoms with Crippen LogP contribution in [0.1, 0.15) is 36.3 Å². The van der Waals surface area contributed by atoms with Gasteiger partial charge in [0.05, 0.1) is 17.2 Å². The Morgan fingerprint density at radius 2 is 1.42 bits per heavy atom. The maximum Gasteiger partial charge on any atom is 0.233 e. The van der Waals surface area contributed by atoms with Gasteiger partial charge in [0.2, 0.25) is 11.8 Å². The number of para-hydroxylation sites is 2. The van der Waals surface area contributed by atoms with E-state index in [2.05, 4.69) is 34.2 Å². The van der Waals surface area contributed by atoms with Crippen molar-refractivity contribution in [2.45, 2.75) is 31.3 Å². The zero-order valence-corrected chi connectivity index (χ0v) is 18.5. The van der Waals surface area contributed by atoms with Crippen LogP contribution in [0.25, 0.3) is 11.0 Å². The third kappa shape index (κ3) is 5.03. The smallest absolute Gasteiger partial charge is 0.233 e. The largest absolute Gasteiger partial charge is 0.473 e. The topological polar surface area (TPSA) is 55.3 Å². The molecule has 3 aromatic carbocycles. The van der Waals surface area contributed by atoms with Crippen LogP contribution in [0.15, 0.2) is 91.1 Å². The summed E-state index contributed by atoms with van der Waals surface area (Å²) in [7, 11) is 0. The van der Waals surface area contributed by atoms with Crippen molar-refractivity contribution in [1.82, 2.24) is 14.9 Å². The number of likely N-dealkylation sites (tertiary alicyclic amines) is 1. The number of piperidine rings is 1. The zero-order chi connectivity index (χ0) is 22.5. The summed E-state index contributed by atoms with van der Waals surface area (Å²) in [6.45, 7) is 1.39. The minimum absolute atomic E-state index is 0.0450. The first-order chi connectivity index (χ1) is 16.3. The molecule has 1 aliphatic heterocycles. The van der Waals surface area contributed by atoms with Crippen molar-refractivity contribution in [3.63, 3.8) is 0 Å². The van der Waals surface area contributed by atoms with Crippen LogP contribution < -0.4 is 4.74 Å². The van der Waals surface area contributed by atoms with Crippen LogP contribution in [0.2, 0.25) is 0 Å². The van der Waals surface area contributed by atoms with E-state index >= 15 is 0 Å². The number of rotatable bonds is 6. The van der Waals surface area contributed by atoms with E-state index in [1.54, 1.807) is 6.20 Å². The van der Waals surface area contributed by atoms with E-state index in [0.717, 1.165) is 23.9 Å². The second-order valence-corrected chi connectivity index (χ2v) is 8.47. The van der Waals surface area contributed by atoms with Crippen LogP contribution in [0.5, 0.6) is 5.88 Å². The van der Waals surface area contributed by atoms with Crippen LogP contribution in [0.3, 0.4) is 0 Å². The molecule has 0 atom stereocenters. The molecular formula is C28H27N3O2. The van der Waals surface area contributed by atoms with Gasteiger partial charge in [-0.3, -0.25) is 4.79 Å². The SMILES string of the molecule is O=C(CC(c1ccccc1)c1ccccc1)N1CCC(Oc2cnc3ccccc3n2)CC1. The van der Waals surface area contributed by atoms with E-state index in [0.29, 0.717) is 25.4 Å². The average molecular weight is 438 g/mol. The lowest BCUT2D eigenvalue weighted by molar-refractivity contribution is -0.133. The molecule has 5 rings (SSSR count). The molecule has 0 spiro atoms. The van der Waals surface area contributed by atoms with Gasteiger partial charge in [-0.1, -0.05) is 72.8 Å². The lowest BCUT2D eigenvalue weighted by Gasteiger charge is -2.33. The number of nitrogens with zero attached hydrogens (tertiary/aromatic N) is 3. The Bertz CT molecular complexity index is 1170. The molecule has 1 amide bonds. The number of carbonyl (C=O) groups is 1. The van der Waals surface area contributed by atoms with Gasteiger partial charge in [0.25, 0.3) is 0 Å². The van der Waals surface area contributed by atoms with Crippen LogP contribution >= 0.6 is 0 Å². The maximum atomic E-state index is 13.2. The van der Waals surface area contributed by atoms with Crippen LogP contribution in [0, 0.1) is 0 Å².